The predicted octanol–water partition coefficient (Wildman–Crippen LogP) is 2.52. The molecule has 0 radical (unpaired) electrons. The van der Waals surface area contributed by atoms with E-state index in [0.29, 0.717) is 5.69 Å². The Morgan fingerprint density at radius 3 is 2.52 bits per heavy atom. The minimum atomic E-state index is -0.476. The fourth-order valence-corrected chi connectivity index (χ4v) is 3.41. The molecule has 2 heterocycles. The van der Waals surface area contributed by atoms with Crippen LogP contribution in [0.25, 0.3) is 0 Å². The molecule has 0 saturated carbocycles. The van der Waals surface area contributed by atoms with E-state index in [2.05, 4.69) is 0 Å². The first kappa shape index (κ1) is 13.9. The van der Waals surface area contributed by atoms with Gasteiger partial charge in [0.15, 0.2) is 0 Å². The zero-order valence-electron chi connectivity index (χ0n) is 12.4. The van der Waals surface area contributed by atoms with Crippen LogP contribution in [0.4, 0.5) is 15.8 Å². The quantitative estimate of drug-likeness (QED) is 0.800. The molecule has 116 valence electrons. The van der Waals surface area contributed by atoms with E-state index >= 15 is 0 Å². The van der Waals surface area contributed by atoms with Gasteiger partial charge in [-0.15, -0.1) is 0 Å². The zero-order valence-corrected chi connectivity index (χ0v) is 12.4. The standard InChI is InChI=1S/C18H15FN2O2/c19-13-5-7-14(8-6-13)21-17(22)11-16(18(21)23)20-10-9-12-3-1-2-4-15(12)20/h1-8,16H,9-11H2/t16-/m1/s1. The van der Waals surface area contributed by atoms with E-state index in [1.54, 1.807) is 0 Å². The number of para-hydroxylation sites is 1. The number of imide groups is 1. The van der Waals surface area contributed by atoms with E-state index in [0.717, 1.165) is 18.7 Å². The van der Waals surface area contributed by atoms with Gasteiger partial charge in [0.2, 0.25) is 5.91 Å². The third kappa shape index (κ3) is 2.20. The summed E-state index contributed by atoms with van der Waals surface area (Å²) in [5.74, 6) is -0.868. The molecule has 2 aliphatic heterocycles. The summed E-state index contributed by atoms with van der Waals surface area (Å²) in [6.45, 7) is 0.736. The molecule has 0 aromatic heterocycles. The first-order valence-corrected chi connectivity index (χ1v) is 7.62. The number of halogens is 1. The van der Waals surface area contributed by atoms with Crippen molar-refractivity contribution in [1.82, 2.24) is 0 Å². The van der Waals surface area contributed by atoms with Crippen molar-refractivity contribution in [2.75, 3.05) is 16.3 Å². The molecule has 4 rings (SSSR count). The van der Waals surface area contributed by atoms with Crippen LogP contribution < -0.4 is 9.80 Å². The van der Waals surface area contributed by atoms with Crippen LogP contribution in [0, 0.1) is 5.82 Å². The lowest BCUT2D eigenvalue weighted by Gasteiger charge is -2.25. The Morgan fingerprint density at radius 2 is 1.74 bits per heavy atom. The Morgan fingerprint density at radius 1 is 1.00 bits per heavy atom. The van der Waals surface area contributed by atoms with E-state index in [9.17, 15) is 14.0 Å². The fourth-order valence-electron chi connectivity index (χ4n) is 3.41. The first-order chi connectivity index (χ1) is 11.1. The molecule has 1 saturated heterocycles. The van der Waals surface area contributed by atoms with Gasteiger partial charge in [-0.3, -0.25) is 9.59 Å². The fraction of sp³-hybridized carbons (Fsp3) is 0.222. The molecule has 2 aromatic rings. The van der Waals surface area contributed by atoms with Crippen molar-refractivity contribution in [3.05, 3.63) is 59.9 Å². The lowest BCUT2D eigenvalue weighted by atomic mass is 10.1. The molecule has 1 fully saturated rings. The molecule has 0 bridgehead atoms. The minimum absolute atomic E-state index is 0.157. The summed E-state index contributed by atoms with van der Waals surface area (Å²) < 4.78 is 13.1. The van der Waals surface area contributed by atoms with Crippen LogP contribution in [-0.4, -0.2) is 24.4 Å². The van der Waals surface area contributed by atoms with Crippen molar-refractivity contribution >= 4 is 23.2 Å². The second-order valence-electron chi connectivity index (χ2n) is 5.84. The highest BCUT2D eigenvalue weighted by Gasteiger charge is 2.44. The van der Waals surface area contributed by atoms with E-state index in [1.165, 1.54) is 34.7 Å². The van der Waals surface area contributed by atoms with Crippen LogP contribution in [0.3, 0.4) is 0 Å². The largest absolute Gasteiger partial charge is 0.359 e. The maximum absolute atomic E-state index is 13.1. The monoisotopic (exact) mass is 310 g/mol. The summed E-state index contributed by atoms with van der Waals surface area (Å²) in [5, 5.41) is 0. The van der Waals surface area contributed by atoms with Gasteiger partial charge in [-0.25, -0.2) is 9.29 Å². The Balaban J connectivity index is 1.65. The number of rotatable bonds is 2. The molecule has 0 spiro atoms. The van der Waals surface area contributed by atoms with Crippen LogP contribution in [0.2, 0.25) is 0 Å². The molecular formula is C18H15FN2O2. The van der Waals surface area contributed by atoms with E-state index in [4.69, 9.17) is 0 Å². The third-order valence-corrected chi connectivity index (χ3v) is 4.51. The molecule has 1 atom stereocenters. The summed E-state index contributed by atoms with van der Waals surface area (Å²) in [7, 11) is 0. The number of anilines is 2. The van der Waals surface area contributed by atoms with Gasteiger partial charge in [-0.2, -0.15) is 0 Å². The van der Waals surface area contributed by atoms with Gasteiger partial charge in [0.05, 0.1) is 12.1 Å². The van der Waals surface area contributed by atoms with Crippen molar-refractivity contribution in [3.63, 3.8) is 0 Å². The van der Waals surface area contributed by atoms with Crippen LogP contribution in [0.15, 0.2) is 48.5 Å². The van der Waals surface area contributed by atoms with Gasteiger partial charge in [0.1, 0.15) is 11.9 Å². The highest BCUT2D eigenvalue weighted by Crippen LogP contribution is 2.34. The Hall–Kier alpha value is -2.69. The van der Waals surface area contributed by atoms with Crippen molar-refractivity contribution in [2.45, 2.75) is 18.9 Å². The lowest BCUT2D eigenvalue weighted by molar-refractivity contribution is -0.121. The van der Waals surface area contributed by atoms with E-state index in [1.807, 2.05) is 29.2 Å². The molecule has 5 heteroatoms. The normalized spacial score (nSPS) is 20.3. The van der Waals surface area contributed by atoms with Gasteiger partial charge in [-0.1, -0.05) is 18.2 Å². The maximum atomic E-state index is 13.1. The second kappa shape index (κ2) is 5.19. The van der Waals surface area contributed by atoms with Crippen LogP contribution in [0.5, 0.6) is 0 Å². The number of fused-ring (bicyclic) bond motifs is 1. The van der Waals surface area contributed by atoms with Crippen LogP contribution >= 0.6 is 0 Å². The van der Waals surface area contributed by atoms with Gasteiger partial charge >= 0.3 is 0 Å². The Kier molecular flexibility index (Phi) is 3.15. The van der Waals surface area contributed by atoms with Crippen LogP contribution in [-0.2, 0) is 16.0 Å². The molecule has 2 aromatic carbocycles. The first-order valence-electron chi connectivity index (χ1n) is 7.62. The number of nitrogens with zero attached hydrogens (tertiary/aromatic N) is 2. The number of benzene rings is 2. The summed E-state index contributed by atoms with van der Waals surface area (Å²) in [5.41, 5.74) is 2.66. The number of carbonyl (C=O) groups is 2. The number of amides is 2. The number of hydrogen-bond acceptors (Lipinski definition) is 3. The molecule has 0 N–H and O–H groups in total. The smallest absolute Gasteiger partial charge is 0.256 e. The van der Waals surface area contributed by atoms with E-state index < -0.39 is 11.9 Å². The minimum Gasteiger partial charge on any atom is -0.359 e. The van der Waals surface area contributed by atoms with Gasteiger partial charge in [-0.05, 0) is 42.3 Å². The zero-order chi connectivity index (χ0) is 16.0. The van der Waals surface area contributed by atoms with Gasteiger partial charge in [0.25, 0.3) is 5.91 Å². The summed E-state index contributed by atoms with van der Waals surface area (Å²) in [4.78, 5) is 28.3. The second-order valence-corrected chi connectivity index (χ2v) is 5.84. The van der Waals surface area contributed by atoms with Crippen LogP contribution in [0.1, 0.15) is 12.0 Å². The summed E-state index contributed by atoms with van der Waals surface area (Å²) >= 11 is 0. The number of hydrogen-bond donors (Lipinski definition) is 0. The number of carbonyl (C=O) groups excluding carboxylic acids is 2. The third-order valence-electron chi connectivity index (χ3n) is 4.51. The highest BCUT2D eigenvalue weighted by molar-refractivity contribution is 6.23. The van der Waals surface area contributed by atoms with Crippen molar-refractivity contribution in [3.8, 4) is 0 Å². The summed E-state index contributed by atoms with van der Waals surface area (Å²) in [6, 6.07) is 12.9. The Labute approximate surface area is 133 Å². The molecule has 4 nitrogen and oxygen atoms in total. The highest BCUT2D eigenvalue weighted by atomic mass is 19.1. The van der Waals surface area contributed by atoms with Crippen molar-refractivity contribution in [2.24, 2.45) is 0 Å². The molecular weight excluding hydrogens is 295 g/mol. The Bertz CT molecular complexity index is 788. The molecule has 0 unspecified atom stereocenters. The van der Waals surface area contributed by atoms with Crippen molar-refractivity contribution in [1.29, 1.82) is 0 Å². The van der Waals surface area contributed by atoms with Gasteiger partial charge in [0, 0.05) is 12.2 Å². The molecule has 2 amide bonds. The molecule has 23 heavy (non-hydrogen) atoms. The maximum Gasteiger partial charge on any atom is 0.256 e. The predicted molar refractivity (Wildman–Crippen MR) is 84.8 cm³/mol. The summed E-state index contributed by atoms with van der Waals surface area (Å²) in [6.07, 6.45) is 1.04. The molecule has 0 aliphatic carbocycles. The SMILES string of the molecule is O=C1C[C@@H](N2CCc3ccccc32)C(=O)N1c1ccc(F)cc1. The molecule has 2 aliphatic rings. The lowest BCUT2D eigenvalue weighted by Crippen LogP contribution is -2.41. The topological polar surface area (TPSA) is 40.6 Å². The van der Waals surface area contributed by atoms with Gasteiger partial charge < -0.3 is 4.90 Å². The van der Waals surface area contributed by atoms with E-state index in [-0.39, 0.29) is 18.2 Å². The average molecular weight is 310 g/mol. The average Bonchev–Trinajstić information content (AvgIpc) is 3.10. The van der Waals surface area contributed by atoms with Crippen molar-refractivity contribution < 1.29 is 14.0 Å².